The number of nitrogens with zero attached hydrogens (tertiary/aromatic N) is 2. The first-order valence-corrected chi connectivity index (χ1v) is 8.51. The third-order valence-electron chi connectivity index (χ3n) is 3.37. The van der Waals surface area contributed by atoms with Crippen LogP contribution in [-0.2, 0) is 10.1 Å². The maximum atomic E-state index is 12.6. The van der Waals surface area contributed by atoms with Crippen molar-refractivity contribution in [3.63, 3.8) is 0 Å². The number of phenols is 1. The summed E-state index contributed by atoms with van der Waals surface area (Å²) in [5, 5.41) is 19.8. The minimum absolute atomic E-state index is 0.0596. The van der Waals surface area contributed by atoms with Crippen molar-refractivity contribution < 1.29 is 17.7 Å². The lowest BCUT2D eigenvalue weighted by Gasteiger charge is -2.09. The van der Waals surface area contributed by atoms with E-state index in [4.69, 9.17) is 21.2 Å². The molecule has 0 saturated heterocycles. The molecule has 0 heterocycles. The summed E-state index contributed by atoms with van der Waals surface area (Å²) in [4.78, 5) is 2.83. The molecule has 0 atom stereocenters. The lowest BCUT2D eigenvalue weighted by atomic mass is 10.1. The van der Waals surface area contributed by atoms with Gasteiger partial charge < -0.3 is 9.29 Å². The van der Waals surface area contributed by atoms with Crippen LogP contribution in [0.1, 0.15) is 0 Å². The van der Waals surface area contributed by atoms with Crippen LogP contribution in [-0.4, -0.2) is 13.5 Å². The Hall–Kier alpha value is -2.82. The van der Waals surface area contributed by atoms with E-state index in [1.54, 1.807) is 0 Å². The molecule has 0 aliphatic rings. The van der Waals surface area contributed by atoms with Gasteiger partial charge in [-0.15, -0.1) is 0 Å². The fraction of sp³-hybridized carbons (Fsp3) is 0. The van der Waals surface area contributed by atoms with Gasteiger partial charge in [-0.2, -0.15) is 8.42 Å². The lowest BCUT2D eigenvalue weighted by molar-refractivity contribution is 0.484. The highest BCUT2D eigenvalue weighted by Gasteiger charge is 2.24. The van der Waals surface area contributed by atoms with Crippen molar-refractivity contribution in [3.8, 4) is 11.5 Å². The predicted molar refractivity (Wildman–Crippen MR) is 89.6 cm³/mol. The molecule has 3 aromatic carbocycles. The molecule has 3 rings (SSSR count). The van der Waals surface area contributed by atoms with Crippen LogP contribution >= 0.6 is 11.6 Å². The van der Waals surface area contributed by atoms with E-state index in [1.165, 1.54) is 54.6 Å². The standard InChI is InChI=1S/C16H9ClN2O4S/c17-10-4-6-11(7-5-10)23-24(21,22)15-3-1-2-13-12(15)8-9-14(19-18)16(13)20/h1-9H/p+1. The Balaban J connectivity index is 2.13. The number of aromatic hydroxyl groups is 1. The maximum absolute atomic E-state index is 12.6. The van der Waals surface area contributed by atoms with Crippen molar-refractivity contribution in [1.29, 1.82) is 5.39 Å². The number of hydrogen-bond acceptors (Lipinski definition) is 5. The van der Waals surface area contributed by atoms with Gasteiger partial charge in [-0.3, -0.25) is 0 Å². The molecule has 3 aromatic rings. The van der Waals surface area contributed by atoms with Crippen molar-refractivity contribution in [2.24, 2.45) is 0 Å². The summed E-state index contributed by atoms with van der Waals surface area (Å²) in [6.45, 7) is 0. The predicted octanol–water partition coefficient (Wildman–Crippen LogP) is 4.45. The van der Waals surface area contributed by atoms with Crippen molar-refractivity contribution in [3.05, 3.63) is 64.6 Å². The van der Waals surface area contributed by atoms with Gasteiger partial charge in [0.05, 0.1) is 0 Å². The molecule has 24 heavy (non-hydrogen) atoms. The molecule has 1 N–H and O–H groups in total. The smallest absolute Gasteiger partial charge is 0.426 e. The molecule has 6 nitrogen and oxygen atoms in total. The van der Waals surface area contributed by atoms with E-state index < -0.39 is 10.1 Å². The highest BCUT2D eigenvalue weighted by atomic mass is 35.5. The highest BCUT2D eigenvalue weighted by molar-refractivity contribution is 7.87. The van der Waals surface area contributed by atoms with E-state index in [-0.39, 0.29) is 32.9 Å². The summed E-state index contributed by atoms with van der Waals surface area (Å²) in [6.07, 6.45) is 0. The molecule has 0 spiro atoms. The van der Waals surface area contributed by atoms with Crippen LogP contribution in [0, 0.1) is 5.39 Å². The molecule has 0 saturated carbocycles. The van der Waals surface area contributed by atoms with Gasteiger partial charge in [0.1, 0.15) is 10.6 Å². The fourth-order valence-electron chi connectivity index (χ4n) is 2.26. The Bertz CT molecular complexity index is 1070. The van der Waals surface area contributed by atoms with Gasteiger partial charge in [0.15, 0.2) is 4.98 Å². The summed E-state index contributed by atoms with van der Waals surface area (Å²) in [5.41, 5.74) is -0.0596. The lowest BCUT2D eigenvalue weighted by Crippen LogP contribution is -2.10. The molecule has 0 aliphatic carbocycles. The van der Waals surface area contributed by atoms with Crippen molar-refractivity contribution in [1.82, 2.24) is 0 Å². The molecule has 0 unspecified atom stereocenters. The first kappa shape index (κ1) is 16.1. The summed E-state index contributed by atoms with van der Waals surface area (Å²) < 4.78 is 30.2. The molecule has 8 heteroatoms. The monoisotopic (exact) mass is 361 g/mol. The Morgan fingerprint density at radius 1 is 1.00 bits per heavy atom. The second kappa shape index (κ2) is 6.00. The first-order chi connectivity index (χ1) is 11.4. The third-order valence-corrected chi connectivity index (χ3v) is 4.93. The van der Waals surface area contributed by atoms with Crippen molar-refractivity contribution in [2.75, 3.05) is 0 Å². The Kier molecular flexibility index (Phi) is 4.01. The van der Waals surface area contributed by atoms with Gasteiger partial charge in [-0.05, 0) is 36.4 Å². The quantitative estimate of drug-likeness (QED) is 0.549. The molecule has 0 aromatic heterocycles. The summed E-state index contributed by atoms with van der Waals surface area (Å²) >= 11 is 5.76. The zero-order valence-corrected chi connectivity index (χ0v) is 13.6. The van der Waals surface area contributed by atoms with Gasteiger partial charge >= 0.3 is 15.8 Å². The van der Waals surface area contributed by atoms with Gasteiger partial charge in [0.25, 0.3) is 0 Å². The van der Waals surface area contributed by atoms with Gasteiger partial charge in [0.2, 0.25) is 11.1 Å². The third kappa shape index (κ3) is 2.85. The van der Waals surface area contributed by atoms with Crippen LogP contribution in [0.5, 0.6) is 11.5 Å². The molecule has 0 radical (unpaired) electrons. The molecular weight excluding hydrogens is 352 g/mol. The number of rotatable bonds is 3. The Morgan fingerprint density at radius 3 is 2.38 bits per heavy atom. The van der Waals surface area contributed by atoms with Crippen molar-refractivity contribution in [2.45, 2.75) is 4.90 Å². The van der Waals surface area contributed by atoms with E-state index in [1.807, 2.05) is 0 Å². The molecule has 0 aliphatic heterocycles. The molecular formula is C16H10ClN2O4S+. The molecule has 0 fully saturated rings. The number of fused-ring (bicyclic) bond motifs is 1. The Labute approximate surface area is 142 Å². The SMILES string of the molecule is N#[N+]c1ccc2c(S(=O)(=O)Oc3ccc(Cl)cc3)cccc2c1O. The topological polar surface area (TPSA) is 91.8 Å². The first-order valence-electron chi connectivity index (χ1n) is 6.72. The number of halogens is 1. The van der Waals surface area contributed by atoms with Gasteiger partial charge in [-0.25, -0.2) is 0 Å². The van der Waals surface area contributed by atoms with E-state index in [2.05, 4.69) is 4.98 Å². The minimum Gasteiger partial charge on any atom is -0.501 e. The average molecular weight is 362 g/mol. The van der Waals surface area contributed by atoms with Crippen LogP contribution in [0.2, 0.25) is 5.02 Å². The number of phenolic OH excluding ortho intramolecular Hbond substituents is 1. The normalized spacial score (nSPS) is 11.2. The number of hydrogen-bond donors (Lipinski definition) is 1. The van der Waals surface area contributed by atoms with E-state index in [9.17, 15) is 13.5 Å². The van der Waals surface area contributed by atoms with Crippen LogP contribution in [0.25, 0.3) is 15.7 Å². The highest BCUT2D eigenvalue weighted by Crippen LogP contribution is 2.37. The van der Waals surface area contributed by atoms with Crippen molar-refractivity contribution >= 4 is 38.2 Å². The second-order valence-electron chi connectivity index (χ2n) is 4.88. The zero-order chi connectivity index (χ0) is 17.3. The average Bonchev–Trinajstić information content (AvgIpc) is 2.57. The summed E-state index contributed by atoms with van der Waals surface area (Å²) in [7, 11) is -4.14. The van der Waals surface area contributed by atoms with E-state index >= 15 is 0 Å². The number of diazo groups is 1. The number of benzene rings is 3. The van der Waals surface area contributed by atoms with Crippen LogP contribution < -0.4 is 4.18 Å². The second-order valence-corrected chi connectivity index (χ2v) is 6.83. The van der Waals surface area contributed by atoms with E-state index in [0.717, 1.165) is 0 Å². The maximum Gasteiger partial charge on any atom is 0.426 e. The van der Waals surface area contributed by atoms with Gasteiger partial charge in [0, 0.05) is 21.9 Å². The molecule has 0 amide bonds. The molecule has 0 bridgehead atoms. The molecule has 120 valence electrons. The summed E-state index contributed by atoms with van der Waals surface area (Å²) in [6, 6.07) is 13.0. The largest absolute Gasteiger partial charge is 0.501 e. The Morgan fingerprint density at radius 2 is 1.71 bits per heavy atom. The minimum atomic E-state index is -4.14. The van der Waals surface area contributed by atoms with Gasteiger partial charge in [-0.1, -0.05) is 23.7 Å². The zero-order valence-electron chi connectivity index (χ0n) is 12.0. The fourth-order valence-corrected chi connectivity index (χ4v) is 3.53. The van der Waals surface area contributed by atoms with Crippen LogP contribution in [0.3, 0.4) is 0 Å². The van der Waals surface area contributed by atoms with Crippen LogP contribution in [0.4, 0.5) is 5.69 Å². The summed E-state index contributed by atoms with van der Waals surface area (Å²) in [5.74, 6) is -0.207. The van der Waals surface area contributed by atoms with E-state index in [0.29, 0.717) is 5.02 Å². The van der Waals surface area contributed by atoms with Crippen LogP contribution in [0.15, 0.2) is 59.5 Å².